The molecule has 1 spiro atoms. The molecule has 0 unspecified atom stereocenters. The van der Waals surface area contributed by atoms with E-state index in [4.69, 9.17) is 0 Å². The second-order valence-corrected chi connectivity index (χ2v) is 7.95. The van der Waals surface area contributed by atoms with Crippen molar-refractivity contribution in [1.29, 1.82) is 0 Å². The molecule has 0 radical (unpaired) electrons. The van der Waals surface area contributed by atoms with Gasteiger partial charge in [-0.1, -0.05) is 18.2 Å². The normalized spacial score (nSPS) is 18.3. The second-order valence-electron chi connectivity index (χ2n) is 7.95. The number of rotatable bonds is 2. The van der Waals surface area contributed by atoms with Gasteiger partial charge in [0.25, 0.3) is 5.56 Å². The standard InChI is InChI=1S/C22H22FN3O/c1-24-19-5-3-2-4-18(19)20(12-21(24)27)26-14-22(15-26)10-11-25(13-22)17-8-6-16(23)7-9-17/h2-9,12H,10-11,13-15H2,1H3. The highest BCUT2D eigenvalue weighted by Gasteiger charge is 2.48. The first-order valence-corrected chi connectivity index (χ1v) is 9.39. The van der Waals surface area contributed by atoms with Crippen molar-refractivity contribution in [3.05, 3.63) is 70.8 Å². The van der Waals surface area contributed by atoms with Crippen molar-refractivity contribution in [1.82, 2.24) is 4.57 Å². The highest BCUT2D eigenvalue weighted by atomic mass is 19.1. The number of hydrogen-bond acceptors (Lipinski definition) is 3. The summed E-state index contributed by atoms with van der Waals surface area (Å²) in [7, 11) is 1.82. The molecule has 1 aromatic heterocycles. The first kappa shape index (κ1) is 16.4. The molecule has 5 heteroatoms. The number of benzene rings is 2. The Morgan fingerprint density at radius 1 is 0.963 bits per heavy atom. The van der Waals surface area contributed by atoms with Crippen LogP contribution in [0.15, 0.2) is 59.4 Å². The molecule has 2 aliphatic heterocycles. The van der Waals surface area contributed by atoms with Gasteiger partial charge in [0.2, 0.25) is 0 Å². The molecule has 4 nitrogen and oxygen atoms in total. The summed E-state index contributed by atoms with van der Waals surface area (Å²) in [6.07, 6.45) is 1.13. The lowest BCUT2D eigenvalue weighted by Crippen LogP contribution is -2.58. The summed E-state index contributed by atoms with van der Waals surface area (Å²) in [4.78, 5) is 17.1. The molecule has 2 saturated heterocycles. The lowest BCUT2D eigenvalue weighted by atomic mass is 9.78. The summed E-state index contributed by atoms with van der Waals surface area (Å²) in [5.74, 6) is -0.194. The number of anilines is 2. The van der Waals surface area contributed by atoms with Crippen molar-refractivity contribution in [3.63, 3.8) is 0 Å². The van der Waals surface area contributed by atoms with Crippen LogP contribution in [0, 0.1) is 11.2 Å². The SMILES string of the molecule is Cn1c(=O)cc(N2CC3(CCN(c4ccc(F)cc4)C3)C2)c2ccccc21. The number of aromatic nitrogens is 1. The molecule has 0 aliphatic carbocycles. The van der Waals surface area contributed by atoms with Crippen LogP contribution < -0.4 is 15.4 Å². The minimum atomic E-state index is -0.194. The van der Waals surface area contributed by atoms with Gasteiger partial charge in [-0.25, -0.2) is 4.39 Å². The summed E-state index contributed by atoms with van der Waals surface area (Å²) >= 11 is 0. The van der Waals surface area contributed by atoms with Crippen molar-refractivity contribution in [2.45, 2.75) is 6.42 Å². The van der Waals surface area contributed by atoms with E-state index in [0.29, 0.717) is 0 Å². The predicted octanol–water partition coefficient (Wildman–Crippen LogP) is 3.39. The fourth-order valence-corrected chi connectivity index (χ4v) is 4.65. The third-order valence-electron chi connectivity index (χ3n) is 6.16. The Morgan fingerprint density at radius 2 is 1.67 bits per heavy atom. The summed E-state index contributed by atoms with van der Waals surface area (Å²) in [6, 6.07) is 16.6. The fraction of sp³-hybridized carbons (Fsp3) is 0.318. The maximum atomic E-state index is 13.2. The van der Waals surface area contributed by atoms with Crippen LogP contribution in [-0.4, -0.2) is 30.7 Å². The van der Waals surface area contributed by atoms with Gasteiger partial charge in [0.1, 0.15) is 5.82 Å². The minimum absolute atomic E-state index is 0.0315. The Labute approximate surface area is 157 Å². The quantitative estimate of drug-likeness (QED) is 0.699. The molecule has 5 rings (SSSR count). The molecule has 0 saturated carbocycles. The van der Waals surface area contributed by atoms with E-state index in [0.717, 1.165) is 54.9 Å². The van der Waals surface area contributed by atoms with E-state index in [2.05, 4.69) is 15.9 Å². The monoisotopic (exact) mass is 363 g/mol. The fourth-order valence-electron chi connectivity index (χ4n) is 4.65. The number of para-hydroxylation sites is 1. The van der Waals surface area contributed by atoms with Crippen LogP contribution in [0.3, 0.4) is 0 Å². The van der Waals surface area contributed by atoms with Crippen LogP contribution in [-0.2, 0) is 7.05 Å². The molecule has 27 heavy (non-hydrogen) atoms. The van der Waals surface area contributed by atoms with Crippen LogP contribution in [0.5, 0.6) is 0 Å². The van der Waals surface area contributed by atoms with Crippen molar-refractivity contribution in [2.75, 3.05) is 36.0 Å². The number of halogens is 1. The van der Waals surface area contributed by atoms with E-state index in [1.54, 1.807) is 10.6 Å². The molecular formula is C22H22FN3O. The second kappa shape index (κ2) is 5.84. The van der Waals surface area contributed by atoms with E-state index in [1.807, 2.05) is 37.4 Å². The zero-order chi connectivity index (χ0) is 18.6. The van der Waals surface area contributed by atoms with Gasteiger partial charge < -0.3 is 14.4 Å². The number of fused-ring (bicyclic) bond motifs is 1. The first-order chi connectivity index (χ1) is 13.0. The van der Waals surface area contributed by atoms with Gasteiger partial charge in [0.05, 0.1) is 11.2 Å². The largest absolute Gasteiger partial charge is 0.371 e. The number of hydrogen-bond donors (Lipinski definition) is 0. The van der Waals surface area contributed by atoms with Gasteiger partial charge in [-0.15, -0.1) is 0 Å². The van der Waals surface area contributed by atoms with Crippen molar-refractivity contribution >= 4 is 22.3 Å². The number of pyridine rings is 1. The molecule has 3 aromatic rings. The number of nitrogens with zero attached hydrogens (tertiary/aromatic N) is 3. The van der Waals surface area contributed by atoms with Gasteiger partial charge in [-0.05, 0) is 36.8 Å². The van der Waals surface area contributed by atoms with Gasteiger partial charge >= 0.3 is 0 Å². The van der Waals surface area contributed by atoms with Crippen LogP contribution in [0.1, 0.15) is 6.42 Å². The average molecular weight is 363 g/mol. The van der Waals surface area contributed by atoms with Crippen molar-refractivity contribution < 1.29 is 4.39 Å². The molecule has 3 heterocycles. The summed E-state index contributed by atoms with van der Waals surface area (Å²) in [6.45, 7) is 3.90. The van der Waals surface area contributed by atoms with E-state index in [1.165, 1.54) is 12.1 Å². The lowest BCUT2D eigenvalue weighted by Gasteiger charge is -2.49. The van der Waals surface area contributed by atoms with Gasteiger partial charge in [0.15, 0.2) is 0 Å². The smallest absolute Gasteiger partial charge is 0.252 e. The molecule has 138 valence electrons. The predicted molar refractivity (Wildman–Crippen MR) is 107 cm³/mol. The van der Waals surface area contributed by atoms with E-state index in [-0.39, 0.29) is 16.8 Å². The van der Waals surface area contributed by atoms with E-state index >= 15 is 0 Å². The Kier molecular flexibility index (Phi) is 3.54. The molecular weight excluding hydrogens is 341 g/mol. The molecule has 2 fully saturated rings. The topological polar surface area (TPSA) is 28.5 Å². The Bertz CT molecular complexity index is 1070. The molecule has 0 N–H and O–H groups in total. The third-order valence-corrected chi connectivity index (χ3v) is 6.16. The zero-order valence-electron chi connectivity index (χ0n) is 15.4. The van der Waals surface area contributed by atoms with Gasteiger partial charge in [0, 0.05) is 55.8 Å². The molecule has 0 amide bonds. The van der Waals surface area contributed by atoms with E-state index < -0.39 is 0 Å². The Balaban J connectivity index is 1.38. The van der Waals surface area contributed by atoms with E-state index in [9.17, 15) is 9.18 Å². The van der Waals surface area contributed by atoms with Gasteiger partial charge in [-0.2, -0.15) is 0 Å². The summed E-state index contributed by atoms with van der Waals surface area (Å²) in [5.41, 5.74) is 3.39. The maximum absolute atomic E-state index is 13.2. The molecule has 2 aromatic carbocycles. The average Bonchev–Trinajstić information content (AvgIpc) is 3.10. The maximum Gasteiger partial charge on any atom is 0.252 e. The van der Waals surface area contributed by atoms with Crippen molar-refractivity contribution in [3.8, 4) is 0 Å². The third kappa shape index (κ3) is 2.60. The number of aryl methyl sites for hydroxylation is 1. The van der Waals surface area contributed by atoms with Gasteiger partial charge in [-0.3, -0.25) is 4.79 Å². The first-order valence-electron chi connectivity index (χ1n) is 9.39. The van der Waals surface area contributed by atoms with Crippen LogP contribution >= 0.6 is 0 Å². The van der Waals surface area contributed by atoms with Crippen LogP contribution in [0.25, 0.3) is 10.9 Å². The molecule has 2 aliphatic rings. The Hall–Kier alpha value is -2.82. The van der Waals surface area contributed by atoms with Crippen LogP contribution in [0.2, 0.25) is 0 Å². The summed E-state index contributed by atoms with van der Waals surface area (Å²) in [5, 5.41) is 1.13. The minimum Gasteiger partial charge on any atom is -0.371 e. The summed E-state index contributed by atoms with van der Waals surface area (Å²) < 4.78 is 14.9. The lowest BCUT2D eigenvalue weighted by molar-refractivity contribution is 0.247. The highest BCUT2D eigenvalue weighted by molar-refractivity contribution is 5.92. The molecule has 0 atom stereocenters. The Morgan fingerprint density at radius 3 is 2.44 bits per heavy atom. The van der Waals surface area contributed by atoms with Crippen LogP contribution in [0.4, 0.5) is 15.8 Å². The zero-order valence-corrected chi connectivity index (χ0v) is 15.4. The highest BCUT2D eigenvalue weighted by Crippen LogP contribution is 2.44. The molecule has 0 bridgehead atoms. The van der Waals surface area contributed by atoms with Crippen molar-refractivity contribution in [2.24, 2.45) is 12.5 Å².